The van der Waals surface area contributed by atoms with Crippen LogP contribution >= 0.6 is 0 Å². The van der Waals surface area contributed by atoms with Crippen molar-refractivity contribution < 1.29 is 13.2 Å². The van der Waals surface area contributed by atoms with Crippen molar-refractivity contribution in [3.8, 4) is 0 Å². The molecule has 24 heavy (non-hydrogen) atoms. The largest absolute Gasteiger partial charge is 0.378 e. The summed E-state index contributed by atoms with van der Waals surface area (Å²) in [6.07, 6.45) is 0. The smallest absolute Gasteiger partial charge is 0.240 e. The van der Waals surface area contributed by atoms with E-state index in [0.717, 1.165) is 18.8 Å². The number of ether oxygens (including phenoxy) is 1. The van der Waals surface area contributed by atoms with Crippen molar-refractivity contribution in [2.75, 3.05) is 31.2 Å². The van der Waals surface area contributed by atoms with Gasteiger partial charge < -0.3 is 9.64 Å². The van der Waals surface area contributed by atoms with E-state index >= 15 is 0 Å². The number of morpholine rings is 1. The van der Waals surface area contributed by atoms with Gasteiger partial charge in [0.05, 0.1) is 30.3 Å². The Labute approximate surface area is 141 Å². The molecule has 3 rings (SSSR count). The van der Waals surface area contributed by atoms with Crippen LogP contribution in [0.5, 0.6) is 0 Å². The van der Waals surface area contributed by atoms with Crippen molar-refractivity contribution in [3.05, 3.63) is 47.8 Å². The maximum absolute atomic E-state index is 12.3. The van der Waals surface area contributed by atoms with Gasteiger partial charge >= 0.3 is 0 Å². The fourth-order valence-corrected chi connectivity index (χ4v) is 3.48. The molecule has 0 radical (unpaired) electrons. The molecule has 1 aromatic heterocycles. The van der Waals surface area contributed by atoms with Gasteiger partial charge in [0.1, 0.15) is 0 Å². The van der Waals surface area contributed by atoms with Gasteiger partial charge in [0, 0.05) is 18.8 Å². The van der Waals surface area contributed by atoms with Gasteiger partial charge in [-0.2, -0.15) is 0 Å². The van der Waals surface area contributed by atoms with Crippen molar-refractivity contribution in [2.45, 2.75) is 18.4 Å². The third-order valence-electron chi connectivity index (χ3n) is 3.69. The molecular formula is C16H20N4O3S. The predicted molar refractivity (Wildman–Crippen MR) is 90.3 cm³/mol. The Hall–Kier alpha value is -2.03. The summed E-state index contributed by atoms with van der Waals surface area (Å²) in [5.74, 6) is 0.618. The maximum atomic E-state index is 12.3. The number of aryl methyl sites for hydroxylation is 1. The van der Waals surface area contributed by atoms with Crippen LogP contribution in [-0.4, -0.2) is 44.7 Å². The van der Waals surface area contributed by atoms with Gasteiger partial charge in [0.25, 0.3) is 0 Å². The standard InChI is InChI=1S/C16H20N4O3S/c1-13-11-14(19-16(18-13)20-7-9-23-10-8-20)12-17-24(21,22)15-5-3-2-4-6-15/h2-6,11,17H,7-10,12H2,1H3. The Morgan fingerprint density at radius 1 is 1.17 bits per heavy atom. The molecule has 0 spiro atoms. The number of anilines is 1. The minimum Gasteiger partial charge on any atom is -0.378 e. The summed E-state index contributed by atoms with van der Waals surface area (Å²) in [5.41, 5.74) is 1.45. The average molecular weight is 348 g/mol. The summed E-state index contributed by atoms with van der Waals surface area (Å²) >= 11 is 0. The number of nitrogens with one attached hydrogen (secondary N) is 1. The van der Waals surface area contributed by atoms with Crippen LogP contribution in [0.4, 0.5) is 5.95 Å². The first-order valence-corrected chi connectivity index (χ1v) is 9.25. The first-order valence-electron chi connectivity index (χ1n) is 7.76. The van der Waals surface area contributed by atoms with Gasteiger partial charge in [-0.3, -0.25) is 0 Å². The average Bonchev–Trinajstić information content (AvgIpc) is 2.61. The molecule has 0 aliphatic carbocycles. The minimum absolute atomic E-state index is 0.123. The van der Waals surface area contributed by atoms with E-state index in [4.69, 9.17) is 4.74 Å². The van der Waals surface area contributed by atoms with E-state index in [1.54, 1.807) is 36.4 Å². The fourth-order valence-electron chi connectivity index (χ4n) is 2.46. The third-order valence-corrected chi connectivity index (χ3v) is 5.10. The lowest BCUT2D eigenvalue weighted by atomic mass is 10.3. The molecule has 1 aliphatic heterocycles. The summed E-state index contributed by atoms with van der Waals surface area (Å²) in [7, 11) is -3.55. The highest BCUT2D eigenvalue weighted by Gasteiger charge is 2.17. The van der Waals surface area contributed by atoms with Crippen molar-refractivity contribution >= 4 is 16.0 Å². The second-order valence-electron chi connectivity index (χ2n) is 5.54. The normalized spacial score (nSPS) is 15.5. The van der Waals surface area contributed by atoms with E-state index in [2.05, 4.69) is 14.7 Å². The van der Waals surface area contributed by atoms with Gasteiger partial charge in [-0.1, -0.05) is 18.2 Å². The monoisotopic (exact) mass is 348 g/mol. The van der Waals surface area contributed by atoms with Crippen LogP contribution in [-0.2, 0) is 21.3 Å². The number of nitrogens with zero attached hydrogens (tertiary/aromatic N) is 3. The highest BCUT2D eigenvalue weighted by molar-refractivity contribution is 7.89. The Balaban J connectivity index is 1.74. The van der Waals surface area contributed by atoms with Crippen molar-refractivity contribution in [2.24, 2.45) is 0 Å². The summed E-state index contributed by atoms with van der Waals surface area (Å²) in [6.45, 7) is 4.76. The van der Waals surface area contributed by atoms with Gasteiger partial charge in [-0.25, -0.2) is 23.1 Å². The molecule has 0 atom stereocenters. The fraction of sp³-hybridized carbons (Fsp3) is 0.375. The first-order chi connectivity index (χ1) is 11.5. The van der Waals surface area contributed by atoms with Gasteiger partial charge in [0.2, 0.25) is 16.0 Å². The van der Waals surface area contributed by atoms with E-state index in [-0.39, 0.29) is 11.4 Å². The van der Waals surface area contributed by atoms with E-state index in [9.17, 15) is 8.42 Å². The zero-order valence-corrected chi connectivity index (χ0v) is 14.3. The predicted octanol–water partition coefficient (Wildman–Crippen LogP) is 1.10. The molecule has 1 aliphatic rings. The number of aromatic nitrogens is 2. The zero-order chi connectivity index (χ0) is 17.0. The van der Waals surface area contributed by atoms with Crippen LogP contribution < -0.4 is 9.62 Å². The molecular weight excluding hydrogens is 328 g/mol. The molecule has 2 heterocycles. The molecule has 0 amide bonds. The van der Waals surface area contributed by atoms with Crippen LogP contribution in [0.1, 0.15) is 11.4 Å². The Kier molecular flexibility index (Phi) is 5.08. The number of benzene rings is 1. The lowest BCUT2D eigenvalue weighted by Crippen LogP contribution is -2.37. The zero-order valence-electron chi connectivity index (χ0n) is 13.5. The maximum Gasteiger partial charge on any atom is 0.240 e. The molecule has 1 saturated heterocycles. The molecule has 0 saturated carbocycles. The third kappa shape index (κ3) is 4.08. The second-order valence-corrected chi connectivity index (χ2v) is 7.30. The van der Waals surface area contributed by atoms with Crippen LogP contribution in [0.25, 0.3) is 0 Å². The Bertz CT molecular complexity index is 790. The van der Waals surface area contributed by atoms with Crippen LogP contribution in [0, 0.1) is 6.92 Å². The molecule has 0 unspecified atom stereocenters. The first kappa shape index (κ1) is 16.8. The van der Waals surface area contributed by atoms with E-state index in [0.29, 0.717) is 24.9 Å². The number of hydrogen-bond acceptors (Lipinski definition) is 6. The minimum atomic E-state index is -3.55. The van der Waals surface area contributed by atoms with Gasteiger partial charge in [0.15, 0.2) is 0 Å². The summed E-state index contributed by atoms with van der Waals surface area (Å²) < 4.78 is 32.5. The lowest BCUT2D eigenvalue weighted by molar-refractivity contribution is 0.122. The molecule has 128 valence electrons. The Morgan fingerprint density at radius 2 is 1.88 bits per heavy atom. The second kappa shape index (κ2) is 7.25. The number of sulfonamides is 1. The SMILES string of the molecule is Cc1cc(CNS(=O)(=O)c2ccccc2)nc(N2CCOCC2)n1. The van der Waals surface area contributed by atoms with Crippen molar-refractivity contribution in [1.82, 2.24) is 14.7 Å². The van der Waals surface area contributed by atoms with E-state index < -0.39 is 10.0 Å². The molecule has 8 heteroatoms. The highest BCUT2D eigenvalue weighted by Crippen LogP contribution is 2.13. The van der Waals surface area contributed by atoms with Gasteiger partial charge in [-0.05, 0) is 25.1 Å². The van der Waals surface area contributed by atoms with E-state index in [1.807, 2.05) is 11.8 Å². The van der Waals surface area contributed by atoms with Crippen LogP contribution in [0.2, 0.25) is 0 Å². The molecule has 1 aromatic carbocycles. The number of hydrogen-bond donors (Lipinski definition) is 1. The molecule has 1 N–H and O–H groups in total. The van der Waals surface area contributed by atoms with Crippen molar-refractivity contribution in [1.29, 1.82) is 0 Å². The summed E-state index contributed by atoms with van der Waals surface area (Å²) in [4.78, 5) is 11.2. The van der Waals surface area contributed by atoms with Crippen molar-refractivity contribution in [3.63, 3.8) is 0 Å². The number of rotatable bonds is 5. The molecule has 2 aromatic rings. The van der Waals surface area contributed by atoms with Gasteiger partial charge in [-0.15, -0.1) is 0 Å². The summed E-state index contributed by atoms with van der Waals surface area (Å²) in [5, 5.41) is 0. The Morgan fingerprint density at radius 3 is 2.58 bits per heavy atom. The molecule has 1 fully saturated rings. The van der Waals surface area contributed by atoms with Crippen LogP contribution in [0.15, 0.2) is 41.3 Å². The molecule has 7 nitrogen and oxygen atoms in total. The topological polar surface area (TPSA) is 84.4 Å². The van der Waals surface area contributed by atoms with Crippen LogP contribution in [0.3, 0.4) is 0 Å². The highest BCUT2D eigenvalue weighted by atomic mass is 32.2. The lowest BCUT2D eigenvalue weighted by Gasteiger charge is -2.27. The summed E-state index contributed by atoms with van der Waals surface area (Å²) in [6, 6.07) is 10.1. The van der Waals surface area contributed by atoms with E-state index in [1.165, 1.54) is 0 Å². The quantitative estimate of drug-likeness (QED) is 0.871. The molecule has 0 bridgehead atoms.